The molecule has 1 radical (unpaired) electrons. The van der Waals surface area contributed by atoms with E-state index in [2.05, 4.69) is 4.52 Å². The first kappa shape index (κ1) is 5.61. The Kier molecular flexibility index (Phi) is 2.64. The van der Waals surface area contributed by atoms with E-state index >= 15 is 0 Å². The van der Waals surface area contributed by atoms with Gasteiger partial charge in [0.05, 0.1) is 0 Å². The molecular formula is C2H3NO2P. The number of rotatable bonds is 0. The van der Waals surface area contributed by atoms with Crippen molar-refractivity contribution in [3.63, 3.8) is 0 Å². The molecule has 0 aliphatic rings. The summed E-state index contributed by atoms with van der Waals surface area (Å²) in [7, 11) is -0.326. The molecule has 0 bridgehead atoms. The molecule has 0 aromatic rings. The van der Waals surface area contributed by atoms with Crippen LogP contribution < -0.4 is 0 Å². The monoisotopic (exact) mass is 104 g/mol. The SMILES string of the molecule is CC(=O)O[P]#N. The Bertz CT molecular complexity index is 94.2. The third kappa shape index (κ3) is 3.61. The van der Waals surface area contributed by atoms with E-state index in [1.165, 1.54) is 6.92 Å². The van der Waals surface area contributed by atoms with Gasteiger partial charge in [-0.05, 0) is 0 Å². The summed E-state index contributed by atoms with van der Waals surface area (Å²) in [5.41, 5.74) is 0. The Morgan fingerprint density at radius 1 is 2.00 bits per heavy atom. The number of hydrogen-bond donors (Lipinski definition) is 0. The first-order valence-corrected chi connectivity index (χ1v) is 2.06. The van der Waals surface area contributed by atoms with E-state index in [1.807, 2.05) is 0 Å². The molecule has 33 valence electrons. The molecule has 0 saturated carbocycles. The van der Waals surface area contributed by atoms with Crippen molar-refractivity contribution in [2.45, 2.75) is 6.92 Å². The Labute approximate surface area is 36.8 Å². The molecule has 0 rings (SSSR count). The van der Waals surface area contributed by atoms with Gasteiger partial charge in [-0.25, -0.2) is 0 Å². The number of hydrogen-bond acceptors (Lipinski definition) is 3. The van der Waals surface area contributed by atoms with Crippen LogP contribution in [0.15, 0.2) is 0 Å². The van der Waals surface area contributed by atoms with E-state index in [0.717, 1.165) is 0 Å². The van der Waals surface area contributed by atoms with Gasteiger partial charge in [0.15, 0.2) is 0 Å². The second kappa shape index (κ2) is 2.83. The molecule has 0 aliphatic heterocycles. The molecular weight excluding hydrogens is 101 g/mol. The summed E-state index contributed by atoms with van der Waals surface area (Å²) in [5.74, 6) is -0.473. The van der Waals surface area contributed by atoms with Crippen molar-refractivity contribution < 1.29 is 9.32 Å². The zero-order valence-corrected chi connectivity index (χ0v) is 4.11. The van der Waals surface area contributed by atoms with Gasteiger partial charge in [0.1, 0.15) is 0 Å². The zero-order chi connectivity index (χ0) is 4.99. The maximum absolute atomic E-state index is 9.65. The molecule has 0 saturated heterocycles. The quantitative estimate of drug-likeness (QED) is 0.429. The fourth-order valence-electron chi connectivity index (χ4n) is 0.0575. The second-order valence-electron chi connectivity index (χ2n) is 0.665. The molecule has 0 unspecified atom stereocenters. The predicted octanol–water partition coefficient (Wildman–Crippen LogP) is 0.890. The van der Waals surface area contributed by atoms with Gasteiger partial charge in [-0.1, -0.05) is 0 Å². The molecule has 3 nitrogen and oxygen atoms in total. The molecule has 0 N–H and O–H groups in total. The average molecular weight is 104 g/mol. The van der Waals surface area contributed by atoms with Gasteiger partial charge >= 0.3 is 35.7 Å². The van der Waals surface area contributed by atoms with Crippen molar-refractivity contribution in [1.29, 1.82) is 5.00 Å². The molecule has 0 spiro atoms. The number of nitrogens with zero attached hydrogens (tertiary/aromatic N) is 1. The van der Waals surface area contributed by atoms with Crippen LogP contribution in [0.1, 0.15) is 6.92 Å². The van der Waals surface area contributed by atoms with Crippen LogP contribution in [0.25, 0.3) is 0 Å². The minimum absolute atomic E-state index is 0.326. The first-order chi connectivity index (χ1) is 2.77. The van der Waals surface area contributed by atoms with Crippen LogP contribution >= 0.6 is 8.44 Å². The van der Waals surface area contributed by atoms with Gasteiger partial charge in [-0.2, -0.15) is 0 Å². The topological polar surface area (TPSA) is 50.1 Å². The normalized spacial score (nSPS) is 6.67. The molecule has 0 amide bonds. The van der Waals surface area contributed by atoms with E-state index in [0.29, 0.717) is 0 Å². The van der Waals surface area contributed by atoms with Crippen LogP contribution in [0.5, 0.6) is 0 Å². The molecule has 0 fully saturated rings. The van der Waals surface area contributed by atoms with Crippen molar-refractivity contribution in [3.05, 3.63) is 0 Å². The summed E-state index contributed by atoms with van der Waals surface area (Å²) in [4.78, 5) is 9.65. The van der Waals surface area contributed by atoms with Crippen molar-refractivity contribution in [3.8, 4) is 0 Å². The Morgan fingerprint density at radius 2 is 2.50 bits per heavy atom. The number of carbonyl (C=O) groups excluding carboxylic acids is 1. The summed E-state index contributed by atoms with van der Waals surface area (Å²) in [6.45, 7) is 1.23. The second-order valence-corrected chi connectivity index (χ2v) is 1.01. The summed E-state index contributed by atoms with van der Waals surface area (Å²) in [5, 5.41) is 7.77. The van der Waals surface area contributed by atoms with E-state index in [9.17, 15) is 4.79 Å². The van der Waals surface area contributed by atoms with Crippen LogP contribution in [0, 0.1) is 5.00 Å². The number of carbonyl (C=O) groups is 1. The van der Waals surface area contributed by atoms with E-state index in [1.54, 1.807) is 0 Å². The predicted molar refractivity (Wildman–Crippen MR) is 20.4 cm³/mol. The van der Waals surface area contributed by atoms with Gasteiger partial charge in [-0.15, -0.1) is 0 Å². The zero-order valence-electron chi connectivity index (χ0n) is 3.21. The van der Waals surface area contributed by atoms with E-state index < -0.39 is 5.97 Å². The van der Waals surface area contributed by atoms with Crippen LogP contribution in [0.4, 0.5) is 0 Å². The Balaban J connectivity index is 3.13. The van der Waals surface area contributed by atoms with Crippen LogP contribution in [-0.4, -0.2) is 5.97 Å². The summed E-state index contributed by atoms with van der Waals surface area (Å²) in [6, 6.07) is 0. The fraction of sp³-hybridized carbons (Fsp3) is 0.500. The molecule has 0 atom stereocenters. The fourth-order valence-corrected chi connectivity index (χ4v) is 0.172. The minimum atomic E-state index is -0.473. The van der Waals surface area contributed by atoms with Crippen LogP contribution in [-0.2, 0) is 9.32 Å². The van der Waals surface area contributed by atoms with E-state index in [-0.39, 0.29) is 8.44 Å². The summed E-state index contributed by atoms with van der Waals surface area (Å²) >= 11 is 0. The molecule has 0 aliphatic carbocycles. The molecule has 0 heterocycles. The average Bonchev–Trinajstić information content (AvgIpc) is 1.35. The van der Waals surface area contributed by atoms with Crippen molar-refractivity contribution in [2.24, 2.45) is 0 Å². The third-order valence-electron chi connectivity index (χ3n) is 0.169. The van der Waals surface area contributed by atoms with Gasteiger partial charge in [0.25, 0.3) is 0 Å². The van der Waals surface area contributed by atoms with Crippen LogP contribution in [0.2, 0.25) is 0 Å². The Hall–Kier alpha value is -0.390. The molecule has 0 aromatic heterocycles. The molecule has 0 aromatic carbocycles. The van der Waals surface area contributed by atoms with Gasteiger partial charge in [-0.3, -0.25) is 0 Å². The third-order valence-corrected chi connectivity index (χ3v) is 0.508. The standard InChI is InChI=1S/C2H3NO2P/c1-2(4)5-6-3/h1H3. The van der Waals surface area contributed by atoms with Crippen molar-refractivity contribution >= 4 is 14.4 Å². The molecule has 4 heteroatoms. The van der Waals surface area contributed by atoms with Crippen molar-refractivity contribution in [1.82, 2.24) is 0 Å². The first-order valence-electron chi connectivity index (χ1n) is 1.29. The maximum atomic E-state index is 9.65. The summed E-state index contributed by atoms with van der Waals surface area (Å²) in [6.07, 6.45) is 0. The van der Waals surface area contributed by atoms with Crippen LogP contribution in [0.3, 0.4) is 0 Å². The Morgan fingerprint density at radius 3 is 2.50 bits per heavy atom. The molecule has 6 heavy (non-hydrogen) atoms. The summed E-state index contributed by atoms with van der Waals surface area (Å²) < 4.78 is 3.93. The van der Waals surface area contributed by atoms with Gasteiger partial charge in [0.2, 0.25) is 0 Å². The van der Waals surface area contributed by atoms with Gasteiger partial charge in [0, 0.05) is 0 Å². The van der Waals surface area contributed by atoms with Gasteiger partial charge < -0.3 is 0 Å². The van der Waals surface area contributed by atoms with E-state index in [4.69, 9.17) is 5.00 Å². The van der Waals surface area contributed by atoms with Crippen molar-refractivity contribution in [2.75, 3.05) is 0 Å².